The third kappa shape index (κ3) is 3.48. The van der Waals surface area contributed by atoms with Crippen LogP contribution in [0.15, 0.2) is 121 Å². The van der Waals surface area contributed by atoms with Gasteiger partial charge in [0.25, 0.3) is 0 Å². The Kier molecular flexibility index (Phi) is 4.74. The molecule has 0 spiro atoms. The number of para-hydroxylation sites is 2. The number of nitrogens with zero attached hydrogens (tertiary/aromatic N) is 4. The van der Waals surface area contributed by atoms with Crippen molar-refractivity contribution in [1.82, 2.24) is 19.9 Å². The van der Waals surface area contributed by atoms with Crippen LogP contribution in [-0.4, -0.2) is 19.9 Å². The topological polar surface area (TPSA) is 51.6 Å². The fraction of sp³-hybridized carbons (Fsp3) is 0. The van der Waals surface area contributed by atoms with Gasteiger partial charge in [0, 0.05) is 33.7 Å². The molecule has 7 aromatic rings. The second kappa shape index (κ2) is 8.36. The molecule has 0 fully saturated rings. The van der Waals surface area contributed by atoms with Crippen LogP contribution in [0, 0.1) is 0 Å². The number of aromatic nitrogens is 4. The lowest BCUT2D eigenvalue weighted by molar-refractivity contribution is 1.29. The van der Waals surface area contributed by atoms with E-state index in [0.29, 0.717) is 0 Å². The molecule has 0 saturated carbocycles. The first-order valence-electron chi connectivity index (χ1n) is 11.9. The lowest BCUT2D eigenvalue weighted by atomic mass is 10.00. The van der Waals surface area contributed by atoms with Crippen molar-refractivity contribution in [3.05, 3.63) is 121 Å². The molecule has 0 N–H and O–H groups in total. The summed E-state index contributed by atoms with van der Waals surface area (Å²) < 4.78 is 0. The van der Waals surface area contributed by atoms with E-state index < -0.39 is 0 Å². The van der Waals surface area contributed by atoms with Gasteiger partial charge in [0.1, 0.15) is 0 Å². The molecule has 3 aromatic heterocycles. The highest BCUT2D eigenvalue weighted by Gasteiger charge is 2.14. The van der Waals surface area contributed by atoms with Crippen LogP contribution >= 0.6 is 0 Å². The summed E-state index contributed by atoms with van der Waals surface area (Å²) in [6.07, 6.45) is 1.82. The van der Waals surface area contributed by atoms with Crippen LogP contribution in [0.1, 0.15) is 0 Å². The van der Waals surface area contributed by atoms with Crippen molar-refractivity contribution in [2.75, 3.05) is 0 Å². The first kappa shape index (κ1) is 20.4. The van der Waals surface area contributed by atoms with Crippen LogP contribution < -0.4 is 0 Å². The molecule has 0 aliphatic carbocycles. The summed E-state index contributed by atoms with van der Waals surface area (Å²) in [5, 5.41) is 2.16. The second-order valence-electron chi connectivity index (χ2n) is 8.77. The van der Waals surface area contributed by atoms with Gasteiger partial charge in [-0.2, -0.15) is 0 Å². The van der Waals surface area contributed by atoms with Crippen molar-refractivity contribution >= 4 is 32.8 Å². The van der Waals surface area contributed by atoms with Gasteiger partial charge in [-0.15, -0.1) is 0 Å². The molecule has 0 radical (unpaired) electrons. The molecule has 36 heavy (non-hydrogen) atoms. The molecular weight excluding hydrogens is 440 g/mol. The van der Waals surface area contributed by atoms with Crippen molar-refractivity contribution in [2.45, 2.75) is 0 Å². The van der Waals surface area contributed by atoms with Gasteiger partial charge in [-0.3, -0.25) is 4.98 Å². The molecule has 0 saturated heterocycles. The molecule has 0 amide bonds. The summed E-state index contributed by atoms with van der Waals surface area (Å²) in [6, 6.07) is 39.0. The Hall–Kier alpha value is -4.96. The Balaban J connectivity index is 1.42. The number of fused-ring (bicyclic) bond motifs is 4. The SMILES string of the molecule is c1ccc(-c2nc3ccccc3nc2-c2cccc(-c3ccc4ccc5cccnc5c4n3)c2)cc1. The zero-order valence-corrected chi connectivity index (χ0v) is 19.3. The van der Waals surface area contributed by atoms with Crippen LogP contribution in [0.2, 0.25) is 0 Å². The minimum Gasteiger partial charge on any atom is -0.254 e. The Morgan fingerprint density at radius 1 is 0.417 bits per heavy atom. The average Bonchev–Trinajstić information content (AvgIpc) is 2.96. The molecular formula is C32H20N4. The van der Waals surface area contributed by atoms with Crippen LogP contribution in [0.4, 0.5) is 0 Å². The second-order valence-corrected chi connectivity index (χ2v) is 8.77. The molecule has 4 nitrogen and oxygen atoms in total. The van der Waals surface area contributed by atoms with Crippen LogP contribution in [-0.2, 0) is 0 Å². The van der Waals surface area contributed by atoms with Gasteiger partial charge < -0.3 is 0 Å². The Labute approximate surface area is 208 Å². The molecule has 0 atom stereocenters. The maximum Gasteiger partial charge on any atom is 0.0973 e. The Morgan fingerprint density at radius 3 is 1.86 bits per heavy atom. The predicted octanol–water partition coefficient (Wildman–Crippen LogP) is 7.73. The van der Waals surface area contributed by atoms with Gasteiger partial charge in [-0.1, -0.05) is 84.9 Å². The molecule has 7 rings (SSSR count). The molecule has 0 aliphatic rings. The first-order valence-corrected chi connectivity index (χ1v) is 11.9. The molecule has 0 unspecified atom stereocenters. The molecule has 0 aliphatic heterocycles. The zero-order chi connectivity index (χ0) is 23.9. The van der Waals surface area contributed by atoms with E-state index in [2.05, 4.69) is 71.7 Å². The van der Waals surface area contributed by atoms with Gasteiger partial charge >= 0.3 is 0 Å². The standard InChI is InChI=1S/C32H20N4/c1-2-8-21(9-3-1)31-32(36-28-14-5-4-13-27(28)35-31)25-11-6-10-24(20-25)26-18-17-23-16-15-22-12-7-19-33-29(22)30(23)34-26/h1-20H. The highest BCUT2D eigenvalue weighted by atomic mass is 14.8. The van der Waals surface area contributed by atoms with E-state index in [9.17, 15) is 0 Å². The predicted molar refractivity (Wildman–Crippen MR) is 146 cm³/mol. The summed E-state index contributed by atoms with van der Waals surface area (Å²) in [5.41, 5.74) is 9.27. The minimum atomic E-state index is 0.856. The average molecular weight is 461 g/mol. The zero-order valence-electron chi connectivity index (χ0n) is 19.3. The fourth-order valence-corrected chi connectivity index (χ4v) is 4.71. The van der Waals surface area contributed by atoms with Gasteiger partial charge in [-0.25, -0.2) is 15.0 Å². The lowest BCUT2D eigenvalue weighted by Gasteiger charge is -2.12. The highest BCUT2D eigenvalue weighted by Crippen LogP contribution is 2.33. The lowest BCUT2D eigenvalue weighted by Crippen LogP contribution is -1.96. The minimum absolute atomic E-state index is 0.856. The van der Waals surface area contributed by atoms with E-state index in [1.54, 1.807) is 0 Å². The van der Waals surface area contributed by atoms with Crippen molar-refractivity contribution in [3.8, 4) is 33.8 Å². The smallest absolute Gasteiger partial charge is 0.0973 e. The van der Waals surface area contributed by atoms with Crippen molar-refractivity contribution in [3.63, 3.8) is 0 Å². The van der Waals surface area contributed by atoms with Crippen molar-refractivity contribution in [2.24, 2.45) is 0 Å². The monoisotopic (exact) mass is 460 g/mol. The summed E-state index contributed by atoms with van der Waals surface area (Å²) in [5.74, 6) is 0. The first-order chi connectivity index (χ1) is 17.8. The fourth-order valence-electron chi connectivity index (χ4n) is 4.71. The van der Waals surface area contributed by atoms with E-state index in [1.165, 1.54) is 0 Å². The van der Waals surface area contributed by atoms with Gasteiger partial charge in [-0.05, 0) is 30.3 Å². The number of rotatable bonds is 3. The van der Waals surface area contributed by atoms with Gasteiger partial charge in [0.05, 0.1) is 39.1 Å². The van der Waals surface area contributed by atoms with E-state index in [4.69, 9.17) is 15.0 Å². The number of pyridine rings is 2. The summed E-state index contributed by atoms with van der Waals surface area (Å²) in [6.45, 7) is 0. The molecule has 3 heterocycles. The van der Waals surface area contributed by atoms with Crippen LogP contribution in [0.3, 0.4) is 0 Å². The summed E-state index contributed by atoms with van der Waals surface area (Å²) in [4.78, 5) is 19.7. The molecule has 168 valence electrons. The maximum absolute atomic E-state index is 5.05. The maximum atomic E-state index is 5.05. The molecule has 4 aromatic carbocycles. The molecule has 4 heteroatoms. The van der Waals surface area contributed by atoms with Gasteiger partial charge in [0.15, 0.2) is 0 Å². The Bertz CT molecular complexity index is 1890. The highest BCUT2D eigenvalue weighted by molar-refractivity contribution is 6.03. The normalized spacial score (nSPS) is 11.3. The summed E-state index contributed by atoms with van der Waals surface area (Å²) in [7, 11) is 0. The van der Waals surface area contributed by atoms with E-state index >= 15 is 0 Å². The van der Waals surface area contributed by atoms with Crippen molar-refractivity contribution in [1.29, 1.82) is 0 Å². The van der Waals surface area contributed by atoms with Crippen LogP contribution in [0.25, 0.3) is 66.6 Å². The quantitative estimate of drug-likeness (QED) is 0.253. The van der Waals surface area contributed by atoms with E-state index in [1.807, 2.05) is 54.7 Å². The van der Waals surface area contributed by atoms with Gasteiger partial charge in [0.2, 0.25) is 0 Å². The number of hydrogen-bond acceptors (Lipinski definition) is 4. The molecule has 0 bridgehead atoms. The van der Waals surface area contributed by atoms with Crippen molar-refractivity contribution < 1.29 is 0 Å². The third-order valence-corrected chi connectivity index (χ3v) is 6.48. The van der Waals surface area contributed by atoms with E-state index in [-0.39, 0.29) is 0 Å². The largest absolute Gasteiger partial charge is 0.254 e. The third-order valence-electron chi connectivity index (χ3n) is 6.48. The van der Waals surface area contributed by atoms with E-state index in [0.717, 1.165) is 66.6 Å². The number of hydrogen-bond donors (Lipinski definition) is 0. The Morgan fingerprint density at radius 2 is 1.06 bits per heavy atom. The summed E-state index contributed by atoms with van der Waals surface area (Å²) >= 11 is 0. The number of benzene rings is 4. The van der Waals surface area contributed by atoms with Crippen LogP contribution in [0.5, 0.6) is 0 Å².